The first-order chi connectivity index (χ1) is 9.90. The largest absolute Gasteiger partial charge is 0.364 e. The van der Waals surface area contributed by atoms with E-state index in [0.29, 0.717) is 21.7 Å². The topological polar surface area (TPSA) is 81.2 Å². The maximum Gasteiger partial charge on any atom is 0.267 e. The summed E-state index contributed by atoms with van der Waals surface area (Å²) in [6.07, 6.45) is 1.35. The molecule has 0 saturated carbocycles. The van der Waals surface area contributed by atoms with E-state index in [1.54, 1.807) is 25.1 Å². The van der Waals surface area contributed by atoms with Gasteiger partial charge in [-0.15, -0.1) is 0 Å². The molecule has 1 aromatic heterocycles. The fourth-order valence-electron chi connectivity index (χ4n) is 2.39. The highest BCUT2D eigenvalue weighted by atomic mass is 35.5. The highest BCUT2D eigenvalue weighted by Gasteiger charge is 2.39. The van der Waals surface area contributed by atoms with Gasteiger partial charge in [0.1, 0.15) is 11.7 Å². The molecule has 1 aliphatic rings. The van der Waals surface area contributed by atoms with Crippen LogP contribution in [0.4, 0.5) is 11.6 Å². The number of nitrogens with two attached hydrogens (primary N) is 1. The lowest BCUT2D eigenvalue weighted by Gasteiger charge is -2.15. The molecule has 1 aliphatic heterocycles. The third kappa shape index (κ3) is 2.07. The molecule has 3 rings (SSSR count). The van der Waals surface area contributed by atoms with E-state index in [9.17, 15) is 9.59 Å². The number of benzene rings is 1. The van der Waals surface area contributed by atoms with E-state index in [0.717, 1.165) is 0 Å². The lowest BCUT2D eigenvalue weighted by molar-refractivity contribution is -0.119. The van der Waals surface area contributed by atoms with Gasteiger partial charge in [0.2, 0.25) is 5.95 Å². The number of primary amides is 1. The zero-order chi connectivity index (χ0) is 15.3. The predicted octanol–water partition coefficient (Wildman–Crippen LogP) is 2.53. The molecule has 0 fully saturated rings. The summed E-state index contributed by atoms with van der Waals surface area (Å²) in [6, 6.07) is 4.19. The van der Waals surface area contributed by atoms with Crippen LogP contribution in [0.25, 0.3) is 0 Å². The number of anilines is 2. The summed E-state index contributed by atoms with van der Waals surface area (Å²) in [4.78, 5) is 29.3. The van der Waals surface area contributed by atoms with Gasteiger partial charge in [-0.2, -0.15) is 0 Å². The Bertz CT molecular complexity index is 751. The first-order valence-electron chi connectivity index (χ1n) is 6.07. The van der Waals surface area contributed by atoms with Crippen LogP contribution < -0.4 is 10.6 Å². The number of fused-ring (bicyclic) bond motifs is 1. The fourth-order valence-corrected chi connectivity index (χ4v) is 2.90. The maximum atomic E-state index is 12.4. The van der Waals surface area contributed by atoms with Crippen LogP contribution in [0.5, 0.6) is 0 Å². The normalized spacial score (nSPS) is 17.2. The second-order valence-corrected chi connectivity index (χ2v) is 5.53. The van der Waals surface area contributed by atoms with Crippen molar-refractivity contribution in [2.24, 2.45) is 5.73 Å². The molecule has 0 aliphatic carbocycles. The number of halogens is 2. The molecule has 2 aromatic rings. The minimum atomic E-state index is -0.639. The molecular formula is C13H10Cl2N4O2. The monoisotopic (exact) mass is 324 g/mol. The Morgan fingerprint density at radius 3 is 2.48 bits per heavy atom. The zero-order valence-corrected chi connectivity index (χ0v) is 12.4. The second kappa shape index (κ2) is 4.75. The van der Waals surface area contributed by atoms with Gasteiger partial charge in [0.05, 0.1) is 11.9 Å². The first-order valence-corrected chi connectivity index (χ1v) is 6.83. The number of hydrogen-bond acceptors (Lipinski definition) is 3. The van der Waals surface area contributed by atoms with Crippen molar-refractivity contribution in [3.8, 4) is 0 Å². The Hall–Kier alpha value is -2.05. The fraction of sp³-hybridized carbons (Fsp3) is 0.154. The minimum Gasteiger partial charge on any atom is -0.364 e. The molecule has 1 unspecified atom stereocenters. The predicted molar refractivity (Wildman–Crippen MR) is 79.1 cm³/mol. The molecule has 1 atom stereocenters. The number of amides is 2. The van der Waals surface area contributed by atoms with Gasteiger partial charge in [0, 0.05) is 10.0 Å². The summed E-state index contributed by atoms with van der Waals surface area (Å²) < 4.78 is 1.50. The van der Waals surface area contributed by atoms with Crippen LogP contribution in [-0.2, 0) is 4.79 Å². The molecule has 0 bridgehead atoms. The maximum absolute atomic E-state index is 12.4. The number of imidazole rings is 1. The van der Waals surface area contributed by atoms with Crippen molar-refractivity contribution in [1.82, 2.24) is 9.55 Å². The summed E-state index contributed by atoms with van der Waals surface area (Å²) in [6.45, 7) is 1.67. The number of rotatable bonds is 2. The zero-order valence-electron chi connectivity index (χ0n) is 10.9. The smallest absolute Gasteiger partial charge is 0.267 e. The van der Waals surface area contributed by atoms with Crippen LogP contribution in [0.1, 0.15) is 23.5 Å². The Kier molecular flexibility index (Phi) is 3.15. The molecule has 8 heteroatoms. The molecular weight excluding hydrogens is 315 g/mol. The van der Waals surface area contributed by atoms with Crippen LogP contribution in [0.2, 0.25) is 10.0 Å². The number of nitrogens with zero attached hydrogens (tertiary/aromatic N) is 3. The van der Waals surface area contributed by atoms with Crippen molar-refractivity contribution in [3.63, 3.8) is 0 Å². The summed E-state index contributed by atoms with van der Waals surface area (Å²) in [5, 5.41) is 0.802. The van der Waals surface area contributed by atoms with E-state index in [1.807, 2.05) is 0 Å². The molecule has 1 aromatic carbocycles. The van der Waals surface area contributed by atoms with Crippen molar-refractivity contribution in [2.45, 2.75) is 13.0 Å². The molecule has 108 valence electrons. The molecule has 2 amide bonds. The van der Waals surface area contributed by atoms with Gasteiger partial charge in [-0.3, -0.25) is 14.2 Å². The van der Waals surface area contributed by atoms with Gasteiger partial charge in [-0.1, -0.05) is 23.2 Å². The van der Waals surface area contributed by atoms with Gasteiger partial charge >= 0.3 is 0 Å². The molecule has 0 saturated heterocycles. The van der Waals surface area contributed by atoms with Crippen molar-refractivity contribution in [2.75, 3.05) is 4.90 Å². The average molecular weight is 325 g/mol. The quantitative estimate of drug-likeness (QED) is 0.921. The minimum absolute atomic E-state index is 0.182. The van der Waals surface area contributed by atoms with E-state index in [-0.39, 0.29) is 11.6 Å². The molecule has 2 N–H and O–H groups in total. The first kappa shape index (κ1) is 13.9. The van der Waals surface area contributed by atoms with E-state index < -0.39 is 11.9 Å². The Morgan fingerprint density at radius 1 is 1.29 bits per heavy atom. The van der Waals surface area contributed by atoms with Crippen molar-refractivity contribution in [1.29, 1.82) is 0 Å². The van der Waals surface area contributed by atoms with Gasteiger partial charge in [-0.05, 0) is 25.1 Å². The number of aromatic nitrogens is 2. The van der Waals surface area contributed by atoms with Crippen LogP contribution in [0.3, 0.4) is 0 Å². The van der Waals surface area contributed by atoms with Gasteiger partial charge in [0.15, 0.2) is 0 Å². The van der Waals surface area contributed by atoms with Gasteiger partial charge < -0.3 is 5.73 Å². The van der Waals surface area contributed by atoms with Gasteiger partial charge in [0.25, 0.3) is 11.8 Å². The number of hydrogen-bond donors (Lipinski definition) is 1. The lowest BCUT2D eigenvalue weighted by Crippen LogP contribution is -2.24. The number of carbonyl (C=O) groups is 2. The summed E-state index contributed by atoms with van der Waals surface area (Å²) >= 11 is 11.9. The highest BCUT2D eigenvalue weighted by molar-refractivity contribution is 6.35. The van der Waals surface area contributed by atoms with E-state index in [4.69, 9.17) is 28.9 Å². The second-order valence-electron chi connectivity index (χ2n) is 4.65. The molecule has 6 nitrogen and oxygen atoms in total. The van der Waals surface area contributed by atoms with Gasteiger partial charge in [-0.25, -0.2) is 9.88 Å². The average Bonchev–Trinajstić information content (AvgIpc) is 2.90. The van der Waals surface area contributed by atoms with Crippen LogP contribution >= 0.6 is 23.2 Å². The Balaban J connectivity index is 2.18. The van der Waals surface area contributed by atoms with Crippen LogP contribution in [0.15, 0.2) is 24.4 Å². The summed E-state index contributed by atoms with van der Waals surface area (Å²) in [7, 11) is 0. The highest BCUT2D eigenvalue weighted by Crippen LogP contribution is 2.38. The number of carbonyl (C=O) groups excluding carboxylic acids is 2. The molecule has 0 radical (unpaired) electrons. The molecule has 0 spiro atoms. The van der Waals surface area contributed by atoms with Crippen LogP contribution in [-0.4, -0.2) is 21.4 Å². The van der Waals surface area contributed by atoms with E-state index >= 15 is 0 Å². The summed E-state index contributed by atoms with van der Waals surface area (Å²) in [5.41, 5.74) is 5.97. The van der Waals surface area contributed by atoms with E-state index in [1.165, 1.54) is 15.7 Å². The van der Waals surface area contributed by atoms with Crippen LogP contribution in [0, 0.1) is 0 Å². The third-order valence-corrected chi connectivity index (χ3v) is 3.74. The van der Waals surface area contributed by atoms with E-state index in [2.05, 4.69) is 4.98 Å². The summed E-state index contributed by atoms with van der Waals surface area (Å²) in [5.74, 6) is -0.557. The third-order valence-electron chi connectivity index (χ3n) is 3.30. The lowest BCUT2D eigenvalue weighted by atomic mass is 10.2. The van der Waals surface area contributed by atoms with Crippen molar-refractivity contribution >= 4 is 46.7 Å². The Labute approximate surface area is 130 Å². The molecule has 21 heavy (non-hydrogen) atoms. The van der Waals surface area contributed by atoms with Crippen molar-refractivity contribution in [3.05, 3.63) is 40.1 Å². The SMILES string of the molecule is CC1C(=O)N(c2cc(Cl)cc(Cl)c2)c2ncc(C(N)=O)n21. The van der Waals surface area contributed by atoms with Crippen molar-refractivity contribution < 1.29 is 9.59 Å². The molecule has 2 heterocycles. The Morgan fingerprint density at radius 2 is 1.90 bits per heavy atom. The standard InChI is InChI=1S/C13H10Cl2N4O2/c1-6-12(21)19(9-3-7(14)2-8(15)4-9)13-17-5-10(11(16)20)18(6)13/h2-6H,1H3,(H2,16,20).